The Morgan fingerprint density at radius 3 is 1.23 bits per heavy atom. The first-order valence-electron chi connectivity index (χ1n) is 25.1. The van der Waals surface area contributed by atoms with E-state index in [1.165, 1.54) is 128 Å². The van der Waals surface area contributed by atoms with Gasteiger partial charge in [0.25, 0.3) is 0 Å². The summed E-state index contributed by atoms with van der Waals surface area (Å²) >= 11 is 0. The second kappa shape index (κ2) is 21.3. The zero-order valence-corrected chi connectivity index (χ0v) is 38.0. The zero-order chi connectivity index (χ0) is 42.6. The van der Waals surface area contributed by atoms with Crippen molar-refractivity contribution in [1.29, 1.82) is 0 Å². The summed E-state index contributed by atoms with van der Waals surface area (Å²) in [5, 5.41) is 29.4. The van der Waals surface area contributed by atoms with Gasteiger partial charge >= 0.3 is 0 Å². The summed E-state index contributed by atoms with van der Waals surface area (Å²) in [6.07, 6.45) is 36.7. The van der Waals surface area contributed by atoms with Crippen LogP contribution in [-0.4, -0.2) is 92.3 Å². The molecular formula is C48H80N14. The van der Waals surface area contributed by atoms with Crippen LogP contribution in [0.15, 0.2) is 25.3 Å². The van der Waals surface area contributed by atoms with Gasteiger partial charge in [-0.05, 0) is 127 Å². The van der Waals surface area contributed by atoms with Gasteiger partial charge in [-0.2, -0.15) is 29.9 Å². The number of hydrogen-bond acceptors (Lipinski definition) is 14. The molecule has 4 atom stereocenters. The van der Waals surface area contributed by atoms with E-state index in [1.54, 1.807) is 0 Å². The van der Waals surface area contributed by atoms with E-state index in [9.17, 15) is 0 Å². The summed E-state index contributed by atoms with van der Waals surface area (Å²) in [7, 11) is 0. The van der Waals surface area contributed by atoms with Crippen molar-refractivity contribution in [2.75, 3.05) is 71.2 Å². The first-order chi connectivity index (χ1) is 30.4. The third-order valence-corrected chi connectivity index (χ3v) is 15.5. The Balaban J connectivity index is 0.822. The van der Waals surface area contributed by atoms with Gasteiger partial charge in [-0.1, -0.05) is 76.4 Å². The molecule has 62 heavy (non-hydrogen) atoms. The highest BCUT2D eigenvalue weighted by molar-refractivity contribution is 5.44. The van der Waals surface area contributed by atoms with Crippen LogP contribution in [0.4, 0.5) is 35.7 Å². The highest BCUT2D eigenvalue weighted by Gasteiger charge is 2.50. The maximum absolute atomic E-state index is 4.92. The van der Waals surface area contributed by atoms with E-state index in [4.69, 9.17) is 29.9 Å². The Morgan fingerprint density at radius 2 is 0.839 bits per heavy atom. The van der Waals surface area contributed by atoms with E-state index in [0.717, 1.165) is 64.7 Å². The van der Waals surface area contributed by atoms with E-state index in [1.807, 2.05) is 12.2 Å². The first kappa shape index (κ1) is 44.8. The van der Waals surface area contributed by atoms with Crippen LogP contribution >= 0.6 is 0 Å². The predicted octanol–water partition coefficient (Wildman–Crippen LogP) is 9.19. The molecule has 14 nitrogen and oxygen atoms in total. The van der Waals surface area contributed by atoms with Gasteiger partial charge in [0, 0.05) is 49.3 Å². The SMILES string of the molecule is C=CCNc1nc(NCCCCCCNc2nc(NCC=C)nc(NC3CC4(CCCCC4)CC4(CCCCN4)C3)n2)nc(NC2CC3(CCCCC3)CC3(CCCCN3)C2)n1. The average molecular weight is 853 g/mol. The molecule has 4 aliphatic carbocycles. The molecule has 0 aromatic carbocycles. The molecule has 2 saturated heterocycles. The molecule has 2 aromatic rings. The normalized spacial score (nSPS) is 28.0. The van der Waals surface area contributed by atoms with Gasteiger partial charge in [0.1, 0.15) is 0 Å². The van der Waals surface area contributed by atoms with Crippen LogP contribution in [0.2, 0.25) is 0 Å². The van der Waals surface area contributed by atoms with Crippen molar-refractivity contribution in [3.8, 4) is 0 Å². The molecule has 4 heterocycles. The Morgan fingerprint density at radius 1 is 0.452 bits per heavy atom. The Kier molecular flexibility index (Phi) is 15.4. The Hall–Kier alpha value is -3.78. The van der Waals surface area contributed by atoms with Crippen molar-refractivity contribution in [3.05, 3.63) is 25.3 Å². The van der Waals surface area contributed by atoms with Crippen molar-refractivity contribution >= 4 is 35.7 Å². The van der Waals surface area contributed by atoms with Gasteiger partial charge in [-0.3, -0.25) is 0 Å². The lowest BCUT2D eigenvalue weighted by molar-refractivity contribution is 0.0324. The lowest BCUT2D eigenvalue weighted by atomic mass is 9.57. The lowest BCUT2D eigenvalue weighted by Crippen LogP contribution is -2.58. The summed E-state index contributed by atoms with van der Waals surface area (Å²) in [6, 6.07) is 0.687. The molecule has 4 spiro atoms. The number of rotatable bonds is 19. The number of nitrogens with one attached hydrogen (secondary N) is 8. The van der Waals surface area contributed by atoms with E-state index in [-0.39, 0.29) is 11.1 Å². The van der Waals surface area contributed by atoms with E-state index < -0.39 is 0 Å². The van der Waals surface area contributed by atoms with Crippen molar-refractivity contribution in [1.82, 2.24) is 40.5 Å². The fourth-order valence-corrected chi connectivity index (χ4v) is 13.0. The molecule has 0 radical (unpaired) electrons. The van der Waals surface area contributed by atoms with Crippen LogP contribution < -0.4 is 42.5 Å². The Labute approximate surface area is 372 Å². The maximum Gasteiger partial charge on any atom is 0.229 e. The van der Waals surface area contributed by atoms with Gasteiger partial charge in [-0.25, -0.2) is 0 Å². The second-order valence-corrected chi connectivity index (χ2v) is 20.5. The van der Waals surface area contributed by atoms with E-state index in [0.29, 0.717) is 71.7 Å². The molecule has 2 aliphatic heterocycles. The van der Waals surface area contributed by atoms with E-state index in [2.05, 4.69) is 55.7 Å². The molecule has 6 aliphatic rings. The fourth-order valence-electron chi connectivity index (χ4n) is 13.0. The van der Waals surface area contributed by atoms with Gasteiger partial charge < -0.3 is 42.5 Å². The monoisotopic (exact) mass is 853 g/mol. The summed E-state index contributed by atoms with van der Waals surface area (Å²) in [6.45, 7) is 12.9. The van der Waals surface area contributed by atoms with Crippen LogP contribution in [-0.2, 0) is 0 Å². The summed E-state index contributed by atoms with van der Waals surface area (Å²) in [5.41, 5.74) is 1.32. The van der Waals surface area contributed by atoms with Crippen LogP contribution in [0, 0.1) is 10.8 Å². The minimum atomic E-state index is 0.235. The number of aromatic nitrogens is 6. The number of nitrogens with zero attached hydrogens (tertiary/aromatic N) is 6. The second-order valence-electron chi connectivity index (χ2n) is 20.5. The summed E-state index contributed by atoms with van der Waals surface area (Å²) in [4.78, 5) is 29.0. The van der Waals surface area contributed by atoms with E-state index >= 15 is 0 Å². The number of piperidine rings is 2. The van der Waals surface area contributed by atoms with Gasteiger partial charge in [0.2, 0.25) is 35.7 Å². The molecule has 4 saturated carbocycles. The standard InChI is InChI=1S/C48H80N14/c1-3-25-49-39-57-41(61-43(59-39)55-37-31-45(19-9-7-10-20-45)35-47(33-37)23-13-17-29-53-47)51-27-15-5-6-16-28-52-42-58-40(50-26-4-2)60-44(62-42)56-38-32-46(21-11-8-12-22-46)36-48(34-38)24-14-18-30-54-48/h3-4,37-38,53-54H,1-2,5-36H2,(H3,49,51,55,57,59,61)(H3,50,52,56,58,60,62). The van der Waals surface area contributed by atoms with Crippen LogP contribution in [0.25, 0.3) is 0 Å². The van der Waals surface area contributed by atoms with Crippen molar-refractivity contribution < 1.29 is 0 Å². The van der Waals surface area contributed by atoms with Crippen LogP contribution in [0.3, 0.4) is 0 Å². The molecule has 8 N–H and O–H groups in total. The number of hydrogen-bond donors (Lipinski definition) is 8. The van der Waals surface area contributed by atoms with Crippen molar-refractivity contribution in [3.63, 3.8) is 0 Å². The fraction of sp³-hybridized carbons (Fsp3) is 0.792. The van der Waals surface area contributed by atoms with Crippen LogP contribution in [0.1, 0.15) is 167 Å². The molecule has 14 heteroatoms. The largest absolute Gasteiger partial charge is 0.354 e. The third-order valence-electron chi connectivity index (χ3n) is 15.5. The number of anilines is 6. The smallest absolute Gasteiger partial charge is 0.229 e. The molecule has 4 unspecified atom stereocenters. The molecular weight excluding hydrogens is 773 g/mol. The molecule has 2 aromatic heterocycles. The highest BCUT2D eigenvalue weighted by atomic mass is 15.3. The Bertz CT molecular complexity index is 1550. The zero-order valence-electron chi connectivity index (χ0n) is 38.0. The van der Waals surface area contributed by atoms with Crippen LogP contribution in [0.5, 0.6) is 0 Å². The van der Waals surface area contributed by atoms with Gasteiger partial charge in [0.15, 0.2) is 0 Å². The average Bonchev–Trinajstić information content (AvgIpc) is 3.26. The molecule has 0 bridgehead atoms. The molecule has 342 valence electrons. The van der Waals surface area contributed by atoms with Crippen molar-refractivity contribution in [2.24, 2.45) is 10.8 Å². The number of unbranched alkanes of at least 4 members (excludes halogenated alkanes) is 3. The third kappa shape index (κ3) is 12.1. The van der Waals surface area contributed by atoms with Gasteiger partial charge in [0.05, 0.1) is 0 Å². The predicted molar refractivity (Wildman–Crippen MR) is 255 cm³/mol. The lowest BCUT2D eigenvalue weighted by Gasteiger charge is -2.54. The van der Waals surface area contributed by atoms with Crippen molar-refractivity contribution in [2.45, 2.75) is 190 Å². The van der Waals surface area contributed by atoms with Gasteiger partial charge in [-0.15, -0.1) is 13.2 Å². The minimum absolute atomic E-state index is 0.235. The maximum atomic E-state index is 4.92. The highest BCUT2D eigenvalue weighted by Crippen LogP contribution is 2.54. The summed E-state index contributed by atoms with van der Waals surface area (Å²) < 4.78 is 0. The topological polar surface area (TPSA) is 174 Å². The molecule has 6 fully saturated rings. The quantitative estimate of drug-likeness (QED) is 0.0496. The first-order valence-corrected chi connectivity index (χ1v) is 25.1. The minimum Gasteiger partial charge on any atom is -0.354 e. The molecule has 8 rings (SSSR count). The summed E-state index contributed by atoms with van der Waals surface area (Å²) in [5.74, 6) is 3.75. The molecule has 0 amide bonds.